The van der Waals surface area contributed by atoms with E-state index in [1.165, 1.54) is 19.3 Å². The summed E-state index contributed by atoms with van der Waals surface area (Å²) in [6.45, 7) is 1.63. The molecule has 0 unspecified atom stereocenters. The minimum absolute atomic E-state index is 0.0128. The molecule has 1 saturated carbocycles. The monoisotopic (exact) mass is 276 g/mol. The van der Waals surface area contributed by atoms with Gasteiger partial charge in [-0.1, -0.05) is 0 Å². The van der Waals surface area contributed by atoms with Crippen molar-refractivity contribution < 1.29 is 4.79 Å². The lowest BCUT2D eigenvalue weighted by atomic mass is 9.91. The molecule has 1 aliphatic carbocycles. The molecule has 0 aliphatic heterocycles. The minimum atomic E-state index is -0.0128. The number of carbonyl (C=O) groups excluding carboxylic acids is 1. The first-order valence-electron chi connectivity index (χ1n) is 7.28. The zero-order valence-electron chi connectivity index (χ0n) is 12.4. The van der Waals surface area contributed by atoms with E-state index in [9.17, 15) is 4.79 Å². The van der Waals surface area contributed by atoms with E-state index in [4.69, 9.17) is 5.73 Å². The molecule has 0 saturated heterocycles. The lowest BCUT2D eigenvalue weighted by Crippen LogP contribution is -2.42. The summed E-state index contributed by atoms with van der Waals surface area (Å²) in [7, 11) is 3.50. The molecule has 0 aromatic carbocycles. The van der Waals surface area contributed by atoms with Crippen molar-refractivity contribution in [1.82, 2.24) is 9.88 Å². The van der Waals surface area contributed by atoms with Gasteiger partial charge in [0.1, 0.15) is 5.82 Å². The van der Waals surface area contributed by atoms with Gasteiger partial charge in [0.15, 0.2) is 0 Å². The third-order valence-corrected chi connectivity index (χ3v) is 3.81. The second-order valence-corrected chi connectivity index (χ2v) is 5.53. The van der Waals surface area contributed by atoms with Crippen LogP contribution in [0.3, 0.4) is 0 Å². The van der Waals surface area contributed by atoms with Crippen LogP contribution in [0.5, 0.6) is 0 Å². The smallest absolute Gasteiger partial charge is 0.254 e. The fourth-order valence-corrected chi connectivity index (χ4v) is 2.38. The van der Waals surface area contributed by atoms with Gasteiger partial charge in [-0.25, -0.2) is 4.98 Å². The number of amides is 1. The number of nitrogens with two attached hydrogens (primary N) is 1. The fraction of sp³-hybridized carbons (Fsp3) is 0.600. The van der Waals surface area contributed by atoms with E-state index in [1.54, 1.807) is 25.2 Å². The molecule has 5 nitrogen and oxygen atoms in total. The second kappa shape index (κ2) is 6.70. The Hall–Kier alpha value is -1.62. The molecular weight excluding hydrogens is 252 g/mol. The number of pyridine rings is 1. The molecule has 110 valence electrons. The third-order valence-electron chi connectivity index (χ3n) is 3.81. The number of nitrogens with zero attached hydrogens (tertiary/aromatic N) is 3. The highest BCUT2D eigenvalue weighted by molar-refractivity contribution is 5.93. The predicted octanol–water partition coefficient (Wildman–Crippen LogP) is 1.49. The maximum absolute atomic E-state index is 11.9. The van der Waals surface area contributed by atoms with Crippen LogP contribution < -0.4 is 10.6 Å². The van der Waals surface area contributed by atoms with Crippen molar-refractivity contribution in [3.8, 4) is 0 Å². The lowest BCUT2D eigenvalue weighted by Gasteiger charge is -2.38. The molecule has 1 aromatic rings. The van der Waals surface area contributed by atoms with Crippen molar-refractivity contribution in [3.05, 3.63) is 23.9 Å². The largest absolute Gasteiger partial charge is 0.354 e. The van der Waals surface area contributed by atoms with Gasteiger partial charge in [-0.15, -0.1) is 0 Å². The van der Waals surface area contributed by atoms with E-state index in [2.05, 4.69) is 9.88 Å². The molecule has 1 fully saturated rings. The van der Waals surface area contributed by atoms with Gasteiger partial charge in [0, 0.05) is 32.9 Å². The van der Waals surface area contributed by atoms with Crippen LogP contribution in [0.25, 0.3) is 0 Å². The van der Waals surface area contributed by atoms with E-state index in [-0.39, 0.29) is 5.91 Å². The SMILES string of the molecule is CN(C)C(=O)c1ccc(N(CCCN)C2CCC2)nc1. The Morgan fingerprint density at radius 2 is 2.15 bits per heavy atom. The summed E-state index contributed by atoms with van der Waals surface area (Å²) in [4.78, 5) is 20.2. The average Bonchev–Trinajstić information content (AvgIpc) is 2.40. The molecule has 0 atom stereocenters. The molecular formula is C15H24N4O. The molecule has 0 spiro atoms. The first kappa shape index (κ1) is 14.8. The summed E-state index contributed by atoms with van der Waals surface area (Å²) in [5, 5.41) is 0. The second-order valence-electron chi connectivity index (χ2n) is 5.53. The quantitative estimate of drug-likeness (QED) is 0.855. The molecule has 0 bridgehead atoms. The number of anilines is 1. The van der Waals surface area contributed by atoms with Crippen molar-refractivity contribution >= 4 is 11.7 Å². The van der Waals surface area contributed by atoms with Crippen molar-refractivity contribution in [2.24, 2.45) is 5.73 Å². The van der Waals surface area contributed by atoms with E-state index in [1.807, 2.05) is 12.1 Å². The molecule has 1 aliphatic rings. The first-order valence-corrected chi connectivity index (χ1v) is 7.28. The maximum atomic E-state index is 11.9. The normalized spacial score (nSPS) is 14.8. The van der Waals surface area contributed by atoms with Crippen LogP contribution in [0.15, 0.2) is 18.3 Å². The molecule has 1 heterocycles. The van der Waals surface area contributed by atoms with Gasteiger partial charge >= 0.3 is 0 Å². The highest BCUT2D eigenvalue weighted by atomic mass is 16.2. The summed E-state index contributed by atoms with van der Waals surface area (Å²) in [5.41, 5.74) is 6.25. The van der Waals surface area contributed by atoms with Crippen LogP contribution in [-0.4, -0.2) is 49.0 Å². The van der Waals surface area contributed by atoms with Crippen molar-refractivity contribution in [2.75, 3.05) is 32.1 Å². The van der Waals surface area contributed by atoms with E-state index >= 15 is 0 Å². The topological polar surface area (TPSA) is 62.5 Å². The summed E-state index contributed by atoms with van der Waals surface area (Å²) in [5.74, 6) is 0.944. The average molecular weight is 276 g/mol. The molecule has 20 heavy (non-hydrogen) atoms. The van der Waals surface area contributed by atoms with Crippen LogP contribution >= 0.6 is 0 Å². The van der Waals surface area contributed by atoms with Gasteiger partial charge in [-0.3, -0.25) is 4.79 Å². The van der Waals surface area contributed by atoms with Gasteiger partial charge < -0.3 is 15.5 Å². The standard InChI is InChI=1S/C15H24N4O/c1-18(2)15(20)12-7-8-14(17-11-12)19(10-4-9-16)13-5-3-6-13/h7-8,11,13H,3-6,9-10,16H2,1-2H3. The van der Waals surface area contributed by atoms with Crippen LogP contribution in [0.2, 0.25) is 0 Å². The Labute approximate surface area is 120 Å². The number of carbonyl (C=O) groups is 1. The highest BCUT2D eigenvalue weighted by Gasteiger charge is 2.25. The summed E-state index contributed by atoms with van der Waals surface area (Å²) < 4.78 is 0. The third kappa shape index (κ3) is 3.28. The van der Waals surface area contributed by atoms with Crippen LogP contribution in [0.1, 0.15) is 36.0 Å². The first-order chi connectivity index (χ1) is 9.63. The molecule has 1 aromatic heterocycles. The van der Waals surface area contributed by atoms with Crippen molar-refractivity contribution in [2.45, 2.75) is 31.7 Å². The van der Waals surface area contributed by atoms with Crippen LogP contribution in [-0.2, 0) is 0 Å². The maximum Gasteiger partial charge on any atom is 0.254 e. The Balaban J connectivity index is 2.10. The predicted molar refractivity (Wildman–Crippen MR) is 80.9 cm³/mol. The molecule has 2 N–H and O–H groups in total. The Bertz CT molecular complexity index is 440. The zero-order valence-corrected chi connectivity index (χ0v) is 12.4. The van der Waals surface area contributed by atoms with E-state index < -0.39 is 0 Å². The number of aromatic nitrogens is 1. The molecule has 2 rings (SSSR count). The van der Waals surface area contributed by atoms with Gasteiger partial charge in [0.05, 0.1) is 5.56 Å². The Kier molecular flexibility index (Phi) is 4.95. The van der Waals surface area contributed by atoms with Gasteiger partial charge in [0.25, 0.3) is 5.91 Å². The Morgan fingerprint density at radius 1 is 1.40 bits per heavy atom. The number of hydrogen-bond donors (Lipinski definition) is 1. The highest BCUT2D eigenvalue weighted by Crippen LogP contribution is 2.28. The van der Waals surface area contributed by atoms with Crippen molar-refractivity contribution in [3.63, 3.8) is 0 Å². The fourth-order valence-electron chi connectivity index (χ4n) is 2.38. The van der Waals surface area contributed by atoms with Gasteiger partial charge in [-0.05, 0) is 44.4 Å². The van der Waals surface area contributed by atoms with Crippen molar-refractivity contribution in [1.29, 1.82) is 0 Å². The Morgan fingerprint density at radius 3 is 2.60 bits per heavy atom. The molecule has 1 amide bonds. The zero-order chi connectivity index (χ0) is 14.5. The number of hydrogen-bond acceptors (Lipinski definition) is 4. The van der Waals surface area contributed by atoms with Gasteiger partial charge in [0.2, 0.25) is 0 Å². The van der Waals surface area contributed by atoms with Gasteiger partial charge in [-0.2, -0.15) is 0 Å². The lowest BCUT2D eigenvalue weighted by molar-refractivity contribution is 0.0827. The minimum Gasteiger partial charge on any atom is -0.354 e. The summed E-state index contributed by atoms with van der Waals surface area (Å²) in [6, 6.07) is 4.40. The summed E-state index contributed by atoms with van der Waals surface area (Å²) >= 11 is 0. The van der Waals surface area contributed by atoms with Crippen LogP contribution in [0.4, 0.5) is 5.82 Å². The van der Waals surface area contributed by atoms with Crippen LogP contribution in [0, 0.1) is 0 Å². The van der Waals surface area contributed by atoms with E-state index in [0.29, 0.717) is 18.2 Å². The molecule has 0 radical (unpaired) electrons. The summed E-state index contributed by atoms with van der Waals surface area (Å²) in [6.07, 6.45) is 6.39. The molecule has 5 heteroatoms. The number of rotatable bonds is 6. The van der Waals surface area contributed by atoms with E-state index in [0.717, 1.165) is 18.8 Å².